The van der Waals surface area contributed by atoms with Gasteiger partial charge in [0.1, 0.15) is 11.4 Å². The van der Waals surface area contributed by atoms with Gasteiger partial charge in [0.25, 0.3) is 5.91 Å². The van der Waals surface area contributed by atoms with Gasteiger partial charge < -0.3 is 19.6 Å². The number of aromatic amines is 1. The lowest BCUT2D eigenvalue weighted by atomic mass is 10.1. The highest BCUT2D eigenvalue weighted by Gasteiger charge is 2.10. The molecular weight excluding hydrogens is 376 g/mol. The number of nitrogens with zero attached hydrogens (tertiary/aromatic N) is 2. The van der Waals surface area contributed by atoms with Crippen molar-refractivity contribution in [2.45, 2.75) is 0 Å². The van der Waals surface area contributed by atoms with E-state index in [0.29, 0.717) is 11.3 Å². The third-order valence-corrected chi connectivity index (χ3v) is 5.11. The topological polar surface area (TPSA) is 74.2 Å². The first-order valence-electron chi connectivity index (χ1n) is 9.63. The Morgan fingerprint density at radius 2 is 1.83 bits per heavy atom. The van der Waals surface area contributed by atoms with Gasteiger partial charge in [0.15, 0.2) is 0 Å². The number of amides is 1. The Bertz CT molecular complexity index is 1360. The van der Waals surface area contributed by atoms with Crippen molar-refractivity contribution in [2.24, 2.45) is 0 Å². The van der Waals surface area contributed by atoms with E-state index in [2.05, 4.69) is 10.3 Å². The summed E-state index contributed by atoms with van der Waals surface area (Å²) in [4.78, 5) is 22.6. The van der Waals surface area contributed by atoms with Crippen molar-refractivity contribution < 1.29 is 9.21 Å². The van der Waals surface area contributed by atoms with E-state index in [1.807, 2.05) is 85.7 Å². The zero-order chi connectivity index (χ0) is 20.7. The number of fused-ring (bicyclic) bond motifs is 2. The SMILES string of the molecule is CN(C)c1ccc(C(=O)Nc2ccc3[nH]c(-c4ccc5occc5c4)nc3c2)cc1. The quantitative estimate of drug-likeness (QED) is 0.433. The summed E-state index contributed by atoms with van der Waals surface area (Å²) in [5.74, 6) is 0.622. The smallest absolute Gasteiger partial charge is 0.255 e. The van der Waals surface area contributed by atoms with Gasteiger partial charge in [-0.15, -0.1) is 0 Å². The van der Waals surface area contributed by atoms with E-state index in [0.717, 1.165) is 39.1 Å². The van der Waals surface area contributed by atoms with Gasteiger partial charge in [0, 0.05) is 42.0 Å². The van der Waals surface area contributed by atoms with Gasteiger partial charge in [-0.3, -0.25) is 4.79 Å². The zero-order valence-corrected chi connectivity index (χ0v) is 16.6. The van der Waals surface area contributed by atoms with Crippen LogP contribution >= 0.6 is 0 Å². The first kappa shape index (κ1) is 18.0. The van der Waals surface area contributed by atoms with Gasteiger partial charge >= 0.3 is 0 Å². The lowest BCUT2D eigenvalue weighted by molar-refractivity contribution is 0.102. The minimum absolute atomic E-state index is 0.152. The number of hydrogen-bond donors (Lipinski definition) is 2. The average Bonchev–Trinajstić information content (AvgIpc) is 3.39. The Hall–Kier alpha value is -4.06. The van der Waals surface area contributed by atoms with Crippen LogP contribution < -0.4 is 10.2 Å². The highest BCUT2D eigenvalue weighted by Crippen LogP contribution is 2.26. The molecule has 0 saturated carbocycles. The van der Waals surface area contributed by atoms with Gasteiger partial charge in [-0.05, 0) is 66.7 Å². The van der Waals surface area contributed by atoms with E-state index in [-0.39, 0.29) is 5.91 Å². The van der Waals surface area contributed by atoms with Crippen LogP contribution in [0.5, 0.6) is 0 Å². The van der Waals surface area contributed by atoms with Crippen molar-refractivity contribution in [2.75, 3.05) is 24.3 Å². The van der Waals surface area contributed by atoms with Crippen LogP contribution in [-0.2, 0) is 0 Å². The molecule has 2 aromatic heterocycles. The van der Waals surface area contributed by atoms with Gasteiger partial charge in [0.05, 0.1) is 17.3 Å². The second-order valence-electron chi connectivity index (χ2n) is 7.39. The summed E-state index contributed by atoms with van der Waals surface area (Å²) in [7, 11) is 3.94. The van der Waals surface area contributed by atoms with Crippen LogP contribution in [-0.4, -0.2) is 30.0 Å². The molecule has 0 saturated heterocycles. The molecule has 0 radical (unpaired) electrons. The molecule has 5 rings (SSSR count). The Kier molecular flexibility index (Phi) is 4.25. The fourth-order valence-electron chi connectivity index (χ4n) is 3.45. The van der Waals surface area contributed by atoms with Crippen LogP contribution in [0.25, 0.3) is 33.4 Å². The van der Waals surface area contributed by atoms with Crippen molar-refractivity contribution in [3.63, 3.8) is 0 Å². The van der Waals surface area contributed by atoms with Crippen molar-refractivity contribution >= 4 is 39.3 Å². The number of furan rings is 1. The maximum Gasteiger partial charge on any atom is 0.255 e. The maximum absolute atomic E-state index is 12.6. The van der Waals surface area contributed by atoms with E-state index in [4.69, 9.17) is 9.40 Å². The lowest BCUT2D eigenvalue weighted by Crippen LogP contribution is -2.13. The molecule has 2 heterocycles. The molecule has 2 N–H and O–H groups in total. The Morgan fingerprint density at radius 1 is 1.00 bits per heavy atom. The second-order valence-corrected chi connectivity index (χ2v) is 7.39. The molecule has 30 heavy (non-hydrogen) atoms. The maximum atomic E-state index is 12.6. The molecule has 0 aliphatic carbocycles. The fraction of sp³-hybridized carbons (Fsp3) is 0.0833. The Labute approximate surface area is 173 Å². The highest BCUT2D eigenvalue weighted by atomic mass is 16.3. The zero-order valence-electron chi connectivity index (χ0n) is 16.6. The van der Waals surface area contributed by atoms with Crippen LogP contribution in [0.4, 0.5) is 11.4 Å². The highest BCUT2D eigenvalue weighted by molar-refractivity contribution is 6.05. The van der Waals surface area contributed by atoms with Crippen LogP contribution in [0, 0.1) is 0 Å². The predicted molar refractivity (Wildman–Crippen MR) is 120 cm³/mol. The average molecular weight is 396 g/mol. The fourth-order valence-corrected chi connectivity index (χ4v) is 3.45. The van der Waals surface area contributed by atoms with Crippen molar-refractivity contribution in [1.82, 2.24) is 9.97 Å². The summed E-state index contributed by atoms with van der Waals surface area (Å²) in [6, 6.07) is 21.0. The van der Waals surface area contributed by atoms with Crippen molar-refractivity contribution in [3.05, 3.63) is 78.6 Å². The van der Waals surface area contributed by atoms with Crippen molar-refractivity contribution in [3.8, 4) is 11.4 Å². The first-order chi connectivity index (χ1) is 14.6. The van der Waals surface area contributed by atoms with Crippen molar-refractivity contribution in [1.29, 1.82) is 0 Å². The number of rotatable bonds is 4. The number of anilines is 2. The van der Waals surface area contributed by atoms with E-state index in [1.54, 1.807) is 6.26 Å². The summed E-state index contributed by atoms with van der Waals surface area (Å²) < 4.78 is 5.40. The van der Waals surface area contributed by atoms with Crippen LogP contribution in [0.2, 0.25) is 0 Å². The Balaban J connectivity index is 1.40. The standard InChI is InChI=1S/C24H20N4O2/c1-28(2)19-7-3-15(4-8-19)24(29)25-18-6-9-20-21(14-18)27-23(26-20)17-5-10-22-16(13-17)11-12-30-22/h3-14H,1-2H3,(H,25,29)(H,26,27). The largest absolute Gasteiger partial charge is 0.464 e. The first-order valence-corrected chi connectivity index (χ1v) is 9.63. The summed E-state index contributed by atoms with van der Waals surface area (Å²) in [5, 5.41) is 3.98. The molecule has 0 fully saturated rings. The molecule has 0 aliphatic rings. The molecule has 148 valence electrons. The van der Waals surface area contributed by atoms with Gasteiger partial charge in [-0.1, -0.05) is 0 Å². The normalized spacial score (nSPS) is 11.1. The van der Waals surface area contributed by atoms with E-state index in [9.17, 15) is 4.79 Å². The van der Waals surface area contributed by atoms with Gasteiger partial charge in [-0.25, -0.2) is 4.98 Å². The number of benzene rings is 3. The number of carbonyl (C=O) groups is 1. The minimum Gasteiger partial charge on any atom is -0.464 e. The third kappa shape index (κ3) is 3.28. The monoisotopic (exact) mass is 396 g/mol. The molecular formula is C24H20N4O2. The number of hydrogen-bond acceptors (Lipinski definition) is 4. The molecule has 0 aliphatic heterocycles. The summed E-state index contributed by atoms with van der Waals surface area (Å²) in [6.45, 7) is 0. The second kappa shape index (κ2) is 7.08. The number of aromatic nitrogens is 2. The van der Waals surface area contributed by atoms with E-state index >= 15 is 0 Å². The molecule has 3 aromatic carbocycles. The molecule has 0 spiro atoms. The molecule has 6 heteroatoms. The third-order valence-electron chi connectivity index (χ3n) is 5.11. The van der Waals surface area contributed by atoms with E-state index in [1.165, 1.54) is 0 Å². The van der Waals surface area contributed by atoms with Gasteiger partial charge in [0.2, 0.25) is 0 Å². The molecule has 1 amide bonds. The summed E-state index contributed by atoms with van der Waals surface area (Å²) in [5.41, 5.74) is 5.88. The summed E-state index contributed by atoms with van der Waals surface area (Å²) >= 11 is 0. The Morgan fingerprint density at radius 3 is 2.63 bits per heavy atom. The minimum atomic E-state index is -0.152. The number of imidazole rings is 1. The van der Waals surface area contributed by atoms with Gasteiger partial charge in [-0.2, -0.15) is 0 Å². The number of carbonyl (C=O) groups excluding carboxylic acids is 1. The number of nitrogens with one attached hydrogen (secondary N) is 2. The molecule has 6 nitrogen and oxygen atoms in total. The molecule has 5 aromatic rings. The lowest BCUT2D eigenvalue weighted by Gasteiger charge is -2.12. The molecule has 0 bridgehead atoms. The van der Waals surface area contributed by atoms with E-state index < -0.39 is 0 Å². The molecule has 0 atom stereocenters. The van der Waals surface area contributed by atoms with Crippen LogP contribution in [0.1, 0.15) is 10.4 Å². The molecule has 0 unspecified atom stereocenters. The van der Waals surface area contributed by atoms with Crippen LogP contribution in [0.3, 0.4) is 0 Å². The predicted octanol–water partition coefficient (Wildman–Crippen LogP) is 5.29. The summed E-state index contributed by atoms with van der Waals surface area (Å²) in [6.07, 6.45) is 1.68. The number of H-pyrrole nitrogens is 1. The van der Waals surface area contributed by atoms with Crippen LogP contribution in [0.15, 0.2) is 77.4 Å².